The van der Waals surface area contributed by atoms with Gasteiger partial charge in [-0.1, -0.05) is 24.3 Å². The molecule has 6 heteroatoms. The van der Waals surface area contributed by atoms with Gasteiger partial charge in [-0.25, -0.2) is 0 Å². The summed E-state index contributed by atoms with van der Waals surface area (Å²) in [6.07, 6.45) is 3.74. The minimum Gasteiger partial charge on any atom is -0.496 e. The quantitative estimate of drug-likeness (QED) is 0.766. The van der Waals surface area contributed by atoms with E-state index in [1.165, 1.54) is 0 Å². The second kappa shape index (κ2) is 7.60. The highest BCUT2D eigenvalue weighted by Crippen LogP contribution is 2.44. The zero-order valence-corrected chi connectivity index (χ0v) is 17.2. The lowest BCUT2D eigenvalue weighted by Gasteiger charge is -2.42. The van der Waals surface area contributed by atoms with Gasteiger partial charge in [-0.05, 0) is 51.3 Å². The Balaban J connectivity index is 1.71. The molecule has 0 amide bonds. The normalized spacial score (nSPS) is 18.1. The maximum absolute atomic E-state index is 11.0. The highest BCUT2D eigenvalue weighted by atomic mass is 79.9. The smallest absolute Gasteiger partial charge is 0.317 e. The summed E-state index contributed by atoms with van der Waals surface area (Å²) in [6, 6.07) is 14.2. The highest BCUT2D eigenvalue weighted by molar-refractivity contribution is 9.10. The molecule has 1 saturated heterocycles. The molecule has 2 aromatic rings. The molecule has 28 heavy (non-hydrogen) atoms. The van der Waals surface area contributed by atoms with Gasteiger partial charge >= 0.3 is 5.97 Å². The van der Waals surface area contributed by atoms with Gasteiger partial charge in [-0.3, -0.25) is 9.69 Å². The molecule has 1 N–H and O–H groups in total. The van der Waals surface area contributed by atoms with Gasteiger partial charge in [-0.2, -0.15) is 0 Å². The number of aliphatic carboxylic acids is 1. The molecule has 0 aromatic heterocycles. The number of halogens is 1. The van der Waals surface area contributed by atoms with E-state index in [4.69, 9.17) is 14.6 Å². The maximum atomic E-state index is 11.0. The predicted molar refractivity (Wildman–Crippen MR) is 111 cm³/mol. The van der Waals surface area contributed by atoms with Crippen molar-refractivity contribution in [2.75, 3.05) is 26.7 Å². The number of piperidine rings is 1. The Bertz CT molecular complexity index is 932. The molecule has 0 aliphatic carbocycles. The first kappa shape index (κ1) is 19.0. The van der Waals surface area contributed by atoms with Crippen molar-refractivity contribution < 1.29 is 19.4 Å². The zero-order valence-electron chi connectivity index (χ0n) is 15.7. The van der Waals surface area contributed by atoms with Gasteiger partial charge in [0.25, 0.3) is 0 Å². The minimum absolute atomic E-state index is 0.0780. The predicted octanol–water partition coefficient (Wildman–Crippen LogP) is 4.20. The number of ether oxygens (including phenoxy) is 2. The van der Waals surface area contributed by atoms with Crippen LogP contribution >= 0.6 is 15.9 Å². The van der Waals surface area contributed by atoms with Gasteiger partial charge in [0.2, 0.25) is 0 Å². The van der Waals surface area contributed by atoms with E-state index in [0.717, 1.165) is 45.5 Å². The van der Waals surface area contributed by atoms with Gasteiger partial charge in [0.05, 0.1) is 18.1 Å². The summed E-state index contributed by atoms with van der Waals surface area (Å²) < 4.78 is 12.7. The third-order valence-electron chi connectivity index (χ3n) is 5.42. The van der Waals surface area contributed by atoms with E-state index in [1.807, 2.05) is 29.2 Å². The Morgan fingerprint density at radius 2 is 2.00 bits per heavy atom. The van der Waals surface area contributed by atoms with E-state index in [-0.39, 0.29) is 6.54 Å². The van der Waals surface area contributed by atoms with Crippen molar-refractivity contribution in [2.45, 2.75) is 18.4 Å². The van der Waals surface area contributed by atoms with Gasteiger partial charge in [0.1, 0.15) is 17.1 Å². The van der Waals surface area contributed by atoms with Crippen molar-refractivity contribution in [2.24, 2.45) is 0 Å². The number of nitrogens with zero attached hydrogens (tertiary/aromatic N) is 1. The molecule has 5 nitrogen and oxygen atoms in total. The van der Waals surface area contributed by atoms with Gasteiger partial charge in [0.15, 0.2) is 0 Å². The lowest BCUT2D eigenvalue weighted by Crippen LogP contribution is -2.49. The fraction of sp³-hybridized carbons (Fsp3) is 0.318. The van der Waals surface area contributed by atoms with E-state index in [9.17, 15) is 4.79 Å². The molecule has 0 saturated carbocycles. The standard InChI is InChI=1S/C22H22BrNO4/c1-27-20-7-6-15(12-18(20)23)17-13-22(28-19-5-3-2-4-16(17)19)8-10-24(11-9-22)14-21(25)26/h2-7,12-13H,8-11,14H2,1H3,(H,25,26). The average Bonchev–Trinajstić information content (AvgIpc) is 2.69. The third-order valence-corrected chi connectivity index (χ3v) is 6.04. The number of hydrogen-bond acceptors (Lipinski definition) is 4. The summed E-state index contributed by atoms with van der Waals surface area (Å²) >= 11 is 3.59. The van der Waals surface area contributed by atoms with E-state index >= 15 is 0 Å². The van der Waals surface area contributed by atoms with Crippen LogP contribution in [-0.4, -0.2) is 48.3 Å². The van der Waals surface area contributed by atoms with E-state index < -0.39 is 11.6 Å². The van der Waals surface area contributed by atoms with Crippen LogP contribution < -0.4 is 9.47 Å². The number of carboxylic acid groups (broad SMARTS) is 1. The van der Waals surface area contributed by atoms with E-state index in [0.29, 0.717) is 13.1 Å². The number of carboxylic acids is 1. The summed E-state index contributed by atoms with van der Waals surface area (Å²) in [5.41, 5.74) is 2.89. The van der Waals surface area contributed by atoms with Gasteiger partial charge in [-0.15, -0.1) is 0 Å². The molecule has 2 heterocycles. The first-order valence-electron chi connectivity index (χ1n) is 9.29. The summed E-state index contributed by atoms with van der Waals surface area (Å²) in [6.45, 7) is 1.48. The molecule has 0 radical (unpaired) electrons. The summed E-state index contributed by atoms with van der Waals surface area (Å²) in [5.74, 6) is 0.880. The lowest BCUT2D eigenvalue weighted by atomic mass is 9.83. The van der Waals surface area contributed by atoms with Crippen molar-refractivity contribution >= 4 is 27.5 Å². The Morgan fingerprint density at radius 3 is 2.68 bits per heavy atom. The number of likely N-dealkylation sites (tertiary alicyclic amines) is 1. The number of rotatable bonds is 4. The first-order chi connectivity index (χ1) is 13.5. The van der Waals surface area contributed by atoms with Crippen LogP contribution in [0.15, 0.2) is 53.0 Å². The maximum Gasteiger partial charge on any atom is 0.317 e. The van der Waals surface area contributed by atoms with Crippen LogP contribution in [-0.2, 0) is 4.79 Å². The summed E-state index contributed by atoms with van der Waals surface area (Å²) in [5, 5.41) is 9.06. The Morgan fingerprint density at radius 1 is 1.25 bits per heavy atom. The number of fused-ring (bicyclic) bond motifs is 1. The first-order valence-corrected chi connectivity index (χ1v) is 10.1. The molecule has 0 atom stereocenters. The molecule has 2 aliphatic heterocycles. The number of hydrogen-bond donors (Lipinski definition) is 1. The monoisotopic (exact) mass is 443 g/mol. The van der Waals surface area contributed by atoms with Crippen LogP contribution in [0.1, 0.15) is 24.0 Å². The second-order valence-corrected chi connectivity index (χ2v) is 8.09. The number of carbonyl (C=O) groups is 1. The summed E-state index contributed by atoms with van der Waals surface area (Å²) in [7, 11) is 1.66. The fourth-order valence-corrected chi connectivity index (χ4v) is 4.51. The fourth-order valence-electron chi connectivity index (χ4n) is 3.97. The molecular formula is C22H22BrNO4. The molecular weight excluding hydrogens is 422 g/mol. The van der Waals surface area contributed by atoms with Crippen molar-refractivity contribution in [3.63, 3.8) is 0 Å². The van der Waals surface area contributed by atoms with Crippen LogP contribution in [0.4, 0.5) is 0 Å². The van der Waals surface area contributed by atoms with E-state index in [2.05, 4.69) is 40.2 Å². The minimum atomic E-state index is -0.787. The van der Waals surface area contributed by atoms with Crippen LogP contribution in [0.25, 0.3) is 5.57 Å². The van der Waals surface area contributed by atoms with Crippen molar-refractivity contribution in [3.05, 3.63) is 64.1 Å². The third kappa shape index (κ3) is 3.66. The zero-order chi connectivity index (χ0) is 19.7. The molecule has 146 valence electrons. The lowest BCUT2D eigenvalue weighted by molar-refractivity contribution is -0.139. The second-order valence-electron chi connectivity index (χ2n) is 7.24. The molecule has 4 rings (SSSR count). The van der Waals surface area contributed by atoms with Crippen molar-refractivity contribution in [1.82, 2.24) is 4.90 Å². The number of para-hydroxylation sites is 1. The number of benzene rings is 2. The Labute approximate surface area is 172 Å². The molecule has 2 aliphatic rings. The van der Waals surface area contributed by atoms with Crippen LogP contribution in [0.3, 0.4) is 0 Å². The molecule has 0 bridgehead atoms. The topological polar surface area (TPSA) is 59.0 Å². The SMILES string of the molecule is COc1ccc(C2=CC3(CCN(CC(=O)O)CC3)Oc3ccccc32)cc1Br. The van der Waals surface area contributed by atoms with E-state index in [1.54, 1.807) is 7.11 Å². The van der Waals surface area contributed by atoms with Gasteiger partial charge in [0, 0.05) is 31.5 Å². The van der Waals surface area contributed by atoms with Crippen LogP contribution in [0.5, 0.6) is 11.5 Å². The number of methoxy groups -OCH3 is 1. The molecule has 0 unspecified atom stereocenters. The molecule has 1 fully saturated rings. The average molecular weight is 444 g/mol. The highest BCUT2D eigenvalue weighted by Gasteiger charge is 2.39. The van der Waals surface area contributed by atoms with Gasteiger partial charge < -0.3 is 14.6 Å². The van der Waals surface area contributed by atoms with Crippen molar-refractivity contribution in [3.8, 4) is 11.5 Å². The molecule has 1 spiro atoms. The van der Waals surface area contributed by atoms with Crippen molar-refractivity contribution in [1.29, 1.82) is 0 Å². The Hall–Kier alpha value is -2.31. The van der Waals surface area contributed by atoms with Crippen LogP contribution in [0, 0.1) is 0 Å². The largest absolute Gasteiger partial charge is 0.496 e. The molecule has 2 aromatic carbocycles. The summed E-state index contributed by atoms with van der Waals surface area (Å²) in [4.78, 5) is 13.0. The van der Waals surface area contributed by atoms with Crippen LogP contribution in [0.2, 0.25) is 0 Å². The Kier molecular flexibility index (Phi) is 5.17.